The molecule has 1 aromatic rings. The summed E-state index contributed by atoms with van der Waals surface area (Å²) >= 11 is 0. The predicted octanol–water partition coefficient (Wildman–Crippen LogP) is -0.258. The summed E-state index contributed by atoms with van der Waals surface area (Å²) in [6.07, 6.45) is 0.574. The molecule has 8 nitrogen and oxygen atoms in total. The smallest absolute Gasteiger partial charge is 0.340 e. The van der Waals surface area contributed by atoms with Gasteiger partial charge in [0.1, 0.15) is 5.56 Å². The molecule has 1 aliphatic heterocycles. The number of hydroxylamine groups is 1. The summed E-state index contributed by atoms with van der Waals surface area (Å²) in [5.41, 5.74) is -0.157. The fourth-order valence-electron chi connectivity index (χ4n) is 1.56. The number of rotatable bonds is 3. The normalized spacial score (nSPS) is 17.5. The number of H-pyrrole nitrogens is 1. The predicted molar refractivity (Wildman–Crippen MR) is 54.7 cm³/mol. The van der Waals surface area contributed by atoms with Crippen LogP contribution in [0.4, 0.5) is 0 Å². The van der Waals surface area contributed by atoms with E-state index >= 15 is 0 Å². The lowest BCUT2D eigenvalue weighted by Crippen LogP contribution is -2.28. The Morgan fingerprint density at radius 1 is 1.59 bits per heavy atom. The van der Waals surface area contributed by atoms with Crippen LogP contribution in [0.3, 0.4) is 0 Å². The molecule has 0 amide bonds. The van der Waals surface area contributed by atoms with Crippen molar-refractivity contribution < 1.29 is 23.2 Å². The lowest BCUT2D eigenvalue weighted by molar-refractivity contribution is -0.0287. The second kappa shape index (κ2) is 4.09. The molecule has 0 atom stereocenters. The quantitative estimate of drug-likeness (QED) is 0.775. The van der Waals surface area contributed by atoms with E-state index in [2.05, 4.69) is 10.2 Å². The van der Waals surface area contributed by atoms with Gasteiger partial charge in [0.05, 0.1) is 6.61 Å². The van der Waals surface area contributed by atoms with E-state index in [1.165, 1.54) is 6.92 Å². The molecule has 2 rings (SSSR count). The Labute approximate surface area is 97.2 Å². The first kappa shape index (κ1) is 12.0. The van der Waals surface area contributed by atoms with Crippen LogP contribution >= 0.6 is 0 Å². The van der Waals surface area contributed by atoms with E-state index in [4.69, 9.17) is 9.94 Å². The average molecular weight is 261 g/mol. The molecular formula is C8H11N3O5S. The number of carbonyl (C=O) groups is 1. The Kier molecular flexibility index (Phi) is 2.89. The Morgan fingerprint density at radius 2 is 2.29 bits per heavy atom. The maximum Gasteiger partial charge on any atom is 0.340 e. The zero-order valence-electron chi connectivity index (χ0n) is 9.00. The van der Waals surface area contributed by atoms with E-state index in [-0.39, 0.29) is 17.8 Å². The van der Waals surface area contributed by atoms with Gasteiger partial charge in [0.15, 0.2) is 0 Å². The van der Waals surface area contributed by atoms with Crippen molar-refractivity contribution in [2.75, 3.05) is 13.2 Å². The van der Waals surface area contributed by atoms with E-state index in [0.717, 1.165) is 4.47 Å². The van der Waals surface area contributed by atoms with E-state index in [0.29, 0.717) is 13.0 Å². The fraction of sp³-hybridized carbons (Fsp3) is 0.500. The van der Waals surface area contributed by atoms with Crippen molar-refractivity contribution in [1.82, 2.24) is 14.7 Å². The zero-order chi connectivity index (χ0) is 12.6. The van der Waals surface area contributed by atoms with Gasteiger partial charge in [-0.2, -0.15) is 5.10 Å². The molecule has 94 valence electrons. The van der Waals surface area contributed by atoms with Crippen LogP contribution in [0.2, 0.25) is 0 Å². The van der Waals surface area contributed by atoms with Gasteiger partial charge in [0.2, 0.25) is 5.03 Å². The van der Waals surface area contributed by atoms with Gasteiger partial charge in [-0.25, -0.2) is 13.2 Å². The van der Waals surface area contributed by atoms with Crippen molar-refractivity contribution in [1.29, 1.82) is 0 Å². The molecule has 1 aliphatic rings. The molecule has 1 aromatic heterocycles. The van der Waals surface area contributed by atoms with Crippen LogP contribution in [0.1, 0.15) is 22.5 Å². The Bertz CT molecular complexity index is 544. The Morgan fingerprint density at radius 3 is 2.82 bits per heavy atom. The molecule has 0 aliphatic carbocycles. The third-order valence-electron chi connectivity index (χ3n) is 2.36. The van der Waals surface area contributed by atoms with Gasteiger partial charge in [-0.1, -0.05) is 4.47 Å². The first-order chi connectivity index (χ1) is 7.94. The summed E-state index contributed by atoms with van der Waals surface area (Å²) in [5, 5.41) is 14.3. The second-order valence-electron chi connectivity index (χ2n) is 3.55. The summed E-state index contributed by atoms with van der Waals surface area (Å²) in [6, 6.07) is 0. The van der Waals surface area contributed by atoms with Gasteiger partial charge in [-0.3, -0.25) is 9.94 Å². The Hall–Kier alpha value is -1.45. The number of carboxylic acid groups (broad SMARTS) is 1. The van der Waals surface area contributed by atoms with Crippen LogP contribution in [-0.4, -0.2) is 47.3 Å². The van der Waals surface area contributed by atoms with Crippen LogP contribution < -0.4 is 0 Å². The summed E-state index contributed by atoms with van der Waals surface area (Å²) < 4.78 is 24.8. The molecule has 0 unspecified atom stereocenters. The highest BCUT2D eigenvalue weighted by molar-refractivity contribution is 7.89. The Balaban J connectivity index is 2.50. The van der Waals surface area contributed by atoms with Gasteiger partial charge < -0.3 is 5.11 Å². The van der Waals surface area contributed by atoms with E-state index in [1.54, 1.807) is 0 Å². The molecule has 0 aromatic carbocycles. The second-order valence-corrected chi connectivity index (χ2v) is 5.30. The highest BCUT2D eigenvalue weighted by atomic mass is 32.2. The summed E-state index contributed by atoms with van der Waals surface area (Å²) in [6.45, 7) is 1.94. The van der Waals surface area contributed by atoms with Crippen molar-refractivity contribution in [2.24, 2.45) is 0 Å². The summed E-state index contributed by atoms with van der Waals surface area (Å²) in [7, 11) is -4.01. The number of carboxylic acids is 1. The van der Waals surface area contributed by atoms with Gasteiger partial charge in [0.25, 0.3) is 10.0 Å². The zero-order valence-corrected chi connectivity index (χ0v) is 9.82. The van der Waals surface area contributed by atoms with Gasteiger partial charge in [0, 0.05) is 12.2 Å². The maximum atomic E-state index is 12.0. The number of aromatic amines is 1. The maximum absolute atomic E-state index is 12.0. The number of hydrogen-bond acceptors (Lipinski definition) is 5. The molecule has 1 fully saturated rings. The first-order valence-electron chi connectivity index (χ1n) is 4.88. The molecule has 0 saturated carbocycles. The number of sulfonamides is 1. The number of aromatic carboxylic acids is 1. The lowest BCUT2D eigenvalue weighted by Gasteiger charge is -2.12. The van der Waals surface area contributed by atoms with Crippen LogP contribution in [0.15, 0.2) is 5.03 Å². The minimum Gasteiger partial charge on any atom is -0.478 e. The van der Waals surface area contributed by atoms with Crippen molar-refractivity contribution in [3.8, 4) is 0 Å². The van der Waals surface area contributed by atoms with Crippen LogP contribution in [0.5, 0.6) is 0 Å². The lowest BCUT2D eigenvalue weighted by atomic mass is 10.3. The van der Waals surface area contributed by atoms with Crippen molar-refractivity contribution in [3.63, 3.8) is 0 Å². The number of hydrogen-bond donors (Lipinski definition) is 2. The molecule has 9 heteroatoms. The van der Waals surface area contributed by atoms with Crippen molar-refractivity contribution in [2.45, 2.75) is 18.4 Å². The fourth-order valence-corrected chi connectivity index (χ4v) is 2.99. The average Bonchev–Trinajstić information content (AvgIpc) is 2.84. The monoisotopic (exact) mass is 261 g/mol. The van der Waals surface area contributed by atoms with Crippen LogP contribution in [0, 0.1) is 6.92 Å². The molecule has 2 N–H and O–H groups in total. The molecular weight excluding hydrogens is 250 g/mol. The molecule has 17 heavy (non-hydrogen) atoms. The molecule has 0 radical (unpaired) electrons. The standard InChI is InChI=1S/C8H11N3O5S/c1-5-6(8(12)13)7(10-9-5)17(14,15)11-3-2-4-16-11/h2-4H2,1H3,(H,9,10)(H,12,13). The highest BCUT2D eigenvalue weighted by Crippen LogP contribution is 2.22. The SMILES string of the molecule is Cc1[nH]nc(S(=O)(=O)N2CCCO2)c1C(=O)O. The highest BCUT2D eigenvalue weighted by Gasteiger charge is 2.35. The summed E-state index contributed by atoms with van der Waals surface area (Å²) in [5.74, 6) is -1.34. The minimum absolute atomic E-state index is 0.190. The molecule has 0 bridgehead atoms. The summed E-state index contributed by atoms with van der Waals surface area (Å²) in [4.78, 5) is 15.9. The van der Waals surface area contributed by atoms with Crippen LogP contribution in [-0.2, 0) is 14.9 Å². The third-order valence-corrected chi connectivity index (χ3v) is 3.97. The van der Waals surface area contributed by atoms with Crippen molar-refractivity contribution in [3.05, 3.63) is 11.3 Å². The van der Waals surface area contributed by atoms with E-state index < -0.39 is 21.0 Å². The number of aryl methyl sites for hydroxylation is 1. The van der Waals surface area contributed by atoms with Gasteiger partial charge in [-0.15, -0.1) is 0 Å². The molecule has 2 heterocycles. The first-order valence-corrected chi connectivity index (χ1v) is 6.32. The topological polar surface area (TPSA) is 113 Å². The van der Waals surface area contributed by atoms with E-state index in [1.807, 2.05) is 0 Å². The number of nitrogens with one attached hydrogen (secondary N) is 1. The molecule has 0 spiro atoms. The van der Waals surface area contributed by atoms with Gasteiger partial charge in [-0.05, 0) is 13.3 Å². The van der Waals surface area contributed by atoms with Gasteiger partial charge >= 0.3 is 5.97 Å². The van der Waals surface area contributed by atoms with Crippen LogP contribution in [0.25, 0.3) is 0 Å². The van der Waals surface area contributed by atoms with Crippen molar-refractivity contribution >= 4 is 16.0 Å². The largest absolute Gasteiger partial charge is 0.478 e. The number of nitrogens with zero attached hydrogens (tertiary/aromatic N) is 2. The molecule has 1 saturated heterocycles. The minimum atomic E-state index is -4.01. The third kappa shape index (κ3) is 1.92. The number of aromatic nitrogens is 2. The van der Waals surface area contributed by atoms with E-state index in [9.17, 15) is 13.2 Å².